The fourth-order valence-corrected chi connectivity index (χ4v) is 10.8. The maximum atomic E-state index is 2.38. The van der Waals surface area contributed by atoms with Gasteiger partial charge in [0.2, 0.25) is 0 Å². The number of thiophene rings is 2. The Bertz CT molecular complexity index is 3100. The molecule has 2 heterocycles. The average Bonchev–Trinajstić information content (AvgIpc) is 3.76. The van der Waals surface area contributed by atoms with Gasteiger partial charge < -0.3 is 0 Å². The summed E-state index contributed by atoms with van der Waals surface area (Å²) >= 11 is 3.80. The highest BCUT2D eigenvalue weighted by atomic mass is 32.1. The smallest absolute Gasteiger partial charge is 0.0434 e. The van der Waals surface area contributed by atoms with E-state index in [9.17, 15) is 0 Å². The van der Waals surface area contributed by atoms with Crippen molar-refractivity contribution in [3.8, 4) is 33.4 Å². The maximum absolute atomic E-state index is 2.38. The van der Waals surface area contributed by atoms with Crippen LogP contribution in [0.3, 0.4) is 0 Å². The van der Waals surface area contributed by atoms with Crippen molar-refractivity contribution in [3.63, 3.8) is 0 Å². The van der Waals surface area contributed by atoms with Crippen LogP contribution < -0.4 is 0 Å². The van der Waals surface area contributed by atoms with Crippen molar-refractivity contribution in [1.29, 1.82) is 0 Å². The summed E-state index contributed by atoms with van der Waals surface area (Å²) < 4.78 is 5.36. The van der Waals surface area contributed by atoms with Gasteiger partial charge in [0.15, 0.2) is 0 Å². The molecule has 0 aliphatic rings. The molecule has 11 aromatic rings. The summed E-state index contributed by atoms with van der Waals surface area (Å²) in [7, 11) is 0. The number of hydrogen-bond acceptors (Lipinski definition) is 2. The van der Waals surface area contributed by atoms with Crippen LogP contribution in [0, 0.1) is 0 Å². The Morgan fingerprint density at radius 3 is 1.12 bits per heavy atom. The molecule has 0 aliphatic carbocycles. The van der Waals surface area contributed by atoms with Gasteiger partial charge in [-0.05, 0) is 66.7 Å². The monoisotopic (exact) mass is 668 g/mol. The predicted molar refractivity (Wildman–Crippen MR) is 221 cm³/mol. The van der Waals surface area contributed by atoms with Gasteiger partial charge in [-0.15, -0.1) is 22.7 Å². The molecule has 0 radical (unpaired) electrons. The molecule has 0 saturated carbocycles. The second-order valence-corrected chi connectivity index (χ2v) is 15.2. The summed E-state index contributed by atoms with van der Waals surface area (Å²) in [5.41, 5.74) is 7.77. The van der Waals surface area contributed by atoms with Crippen molar-refractivity contribution in [2.24, 2.45) is 0 Å². The molecule has 11 rings (SSSR count). The number of rotatable bonds is 3. The minimum absolute atomic E-state index is 1.27. The molecule has 232 valence electrons. The average molecular weight is 669 g/mol. The largest absolute Gasteiger partial charge is 0.135 e. The first kappa shape index (κ1) is 28.1. The Kier molecular flexibility index (Phi) is 6.09. The zero-order valence-corrected chi connectivity index (χ0v) is 28.6. The first-order chi connectivity index (χ1) is 24.8. The third-order valence-corrected chi connectivity index (χ3v) is 12.9. The Morgan fingerprint density at radius 1 is 0.220 bits per heavy atom. The quantitative estimate of drug-likeness (QED) is 0.164. The summed E-state index contributed by atoms with van der Waals surface area (Å²) in [6.45, 7) is 0. The van der Waals surface area contributed by atoms with E-state index in [2.05, 4.69) is 170 Å². The van der Waals surface area contributed by atoms with Crippen molar-refractivity contribution in [3.05, 3.63) is 170 Å². The van der Waals surface area contributed by atoms with Crippen molar-refractivity contribution in [1.82, 2.24) is 0 Å². The fraction of sp³-hybridized carbons (Fsp3) is 0. The molecule has 0 fully saturated rings. The lowest BCUT2D eigenvalue weighted by atomic mass is 9.83. The Morgan fingerprint density at radius 2 is 0.580 bits per heavy atom. The fourth-order valence-electron chi connectivity index (χ4n) is 8.36. The van der Waals surface area contributed by atoms with Crippen LogP contribution in [0.4, 0.5) is 0 Å². The molecule has 0 amide bonds. The first-order valence-corrected chi connectivity index (χ1v) is 18.7. The predicted octanol–water partition coefficient (Wildman–Crippen LogP) is 14.9. The molecule has 0 bridgehead atoms. The molecule has 0 spiro atoms. The van der Waals surface area contributed by atoms with Crippen molar-refractivity contribution in [2.45, 2.75) is 0 Å². The standard InChI is InChI=1S/C48H28S2/c1-2-14-30-29(13-1)31(39-21-11-22-40-32-15-7-9-25-43(32)49-47(39)40)27-28-38(30)45-34-17-3-5-19-36(34)46(37-20-6-4-18-35(37)45)42-24-12-23-41-33-16-8-10-26-44(33)50-48(41)42/h1-28H. The van der Waals surface area contributed by atoms with E-state index in [-0.39, 0.29) is 0 Å². The van der Waals surface area contributed by atoms with E-state index in [1.807, 2.05) is 22.7 Å². The summed E-state index contributed by atoms with van der Waals surface area (Å²) in [6, 6.07) is 63.1. The molecule has 0 atom stereocenters. The van der Waals surface area contributed by atoms with Gasteiger partial charge in [0.05, 0.1) is 0 Å². The minimum Gasteiger partial charge on any atom is -0.135 e. The van der Waals surface area contributed by atoms with Crippen LogP contribution in [0.15, 0.2) is 170 Å². The number of hydrogen-bond donors (Lipinski definition) is 0. The topological polar surface area (TPSA) is 0 Å². The maximum Gasteiger partial charge on any atom is 0.0434 e. The molecule has 2 aromatic heterocycles. The number of benzene rings is 9. The highest BCUT2D eigenvalue weighted by Gasteiger charge is 2.21. The van der Waals surface area contributed by atoms with E-state index >= 15 is 0 Å². The molecule has 0 unspecified atom stereocenters. The van der Waals surface area contributed by atoms with E-state index in [0.29, 0.717) is 0 Å². The molecule has 0 N–H and O–H groups in total. The lowest BCUT2D eigenvalue weighted by Crippen LogP contribution is -1.92. The van der Waals surface area contributed by atoms with Gasteiger partial charge in [0.1, 0.15) is 0 Å². The molecular weight excluding hydrogens is 641 g/mol. The zero-order valence-electron chi connectivity index (χ0n) is 27.0. The minimum atomic E-state index is 1.27. The van der Waals surface area contributed by atoms with Crippen LogP contribution in [0.25, 0.3) is 106 Å². The van der Waals surface area contributed by atoms with E-state index < -0.39 is 0 Å². The molecular formula is C48H28S2. The summed E-state index contributed by atoms with van der Waals surface area (Å²) in [6.07, 6.45) is 0. The second-order valence-electron chi connectivity index (χ2n) is 13.1. The second kappa shape index (κ2) is 10.9. The van der Waals surface area contributed by atoms with Crippen molar-refractivity contribution >= 4 is 95.3 Å². The lowest BCUT2D eigenvalue weighted by Gasteiger charge is -2.20. The molecule has 9 aromatic carbocycles. The molecule has 2 heteroatoms. The highest BCUT2D eigenvalue weighted by molar-refractivity contribution is 7.26. The lowest BCUT2D eigenvalue weighted by molar-refractivity contribution is 1.68. The van der Waals surface area contributed by atoms with Crippen LogP contribution >= 0.6 is 22.7 Å². The zero-order chi connectivity index (χ0) is 32.8. The van der Waals surface area contributed by atoms with Crippen LogP contribution in [-0.4, -0.2) is 0 Å². The van der Waals surface area contributed by atoms with Gasteiger partial charge in [-0.1, -0.05) is 158 Å². The van der Waals surface area contributed by atoms with Gasteiger partial charge >= 0.3 is 0 Å². The van der Waals surface area contributed by atoms with Gasteiger partial charge in [0, 0.05) is 51.5 Å². The van der Waals surface area contributed by atoms with E-state index in [0.717, 1.165) is 0 Å². The Hall–Kier alpha value is -5.80. The highest BCUT2D eigenvalue weighted by Crippen LogP contribution is 2.50. The van der Waals surface area contributed by atoms with Gasteiger partial charge in [0.25, 0.3) is 0 Å². The third-order valence-electron chi connectivity index (χ3n) is 10.5. The molecule has 50 heavy (non-hydrogen) atoms. The summed E-state index contributed by atoms with van der Waals surface area (Å²) in [5, 5.41) is 13.0. The first-order valence-electron chi connectivity index (χ1n) is 17.1. The molecule has 0 saturated heterocycles. The Labute approximate surface area is 297 Å². The van der Waals surface area contributed by atoms with Gasteiger partial charge in [-0.25, -0.2) is 0 Å². The van der Waals surface area contributed by atoms with Gasteiger partial charge in [-0.3, -0.25) is 0 Å². The van der Waals surface area contributed by atoms with Gasteiger partial charge in [-0.2, -0.15) is 0 Å². The third kappa shape index (κ3) is 3.98. The SMILES string of the molecule is c1ccc2c(c1)sc1c(-c3ccc(-c4c5ccccc5c(-c5cccc6c5sc5ccccc56)c5ccccc45)c4ccccc34)cccc12. The van der Waals surface area contributed by atoms with Crippen molar-refractivity contribution in [2.75, 3.05) is 0 Å². The Balaban J connectivity index is 1.22. The van der Waals surface area contributed by atoms with E-state index in [1.165, 1.54) is 106 Å². The van der Waals surface area contributed by atoms with Crippen LogP contribution in [0.1, 0.15) is 0 Å². The van der Waals surface area contributed by atoms with Crippen LogP contribution in [0.2, 0.25) is 0 Å². The van der Waals surface area contributed by atoms with Crippen molar-refractivity contribution < 1.29 is 0 Å². The normalized spacial score (nSPS) is 12.0. The summed E-state index contributed by atoms with van der Waals surface area (Å²) in [4.78, 5) is 0. The summed E-state index contributed by atoms with van der Waals surface area (Å²) in [5.74, 6) is 0. The van der Waals surface area contributed by atoms with E-state index in [4.69, 9.17) is 0 Å². The van der Waals surface area contributed by atoms with Crippen LogP contribution in [0.5, 0.6) is 0 Å². The molecule has 0 aliphatic heterocycles. The molecule has 0 nitrogen and oxygen atoms in total. The van der Waals surface area contributed by atoms with Crippen LogP contribution in [-0.2, 0) is 0 Å². The number of fused-ring (bicyclic) bond motifs is 9. The van der Waals surface area contributed by atoms with E-state index in [1.54, 1.807) is 0 Å².